The van der Waals surface area contributed by atoms with Crippen molar-refractivity contribution >= 4 is 35.0 Å². The maximum atomic E-state index is 14.3. The summed E-state index contributed by atoms with van der Waals surface area (Å²) in [6.07, 6.45) is 6.21. The van der Waals surface area contributed by atoms with Crippen molar-refractivity contribution in [2.75, 3.05) is 5.32 Å². The van der Waals surface area contributed by atoms with Gasteiger partial charge in [-0.2, -0.15) is 0 Å². The summed E-state index contributed by atoms with van der Waals surface area (Å²) >= 11 is 6.52. The molecule has 3 heterocycles. The highest BCUT2D eigenvalue weighted by Gasteiger charge is 2.72. The minimum atomic E-state index is -1.22. The molecule has 1 aliphatic carbocycles. The van der Waals surface area contributed by atoms with Crippen LogP contribution in [0.15, 0.2) is 60.7 Å². The summed E-state index contributed by atoms with van der Waals surface area (Å²) in [4.78, 5) is 43.9. The number of hydrogen-bond donors (Lipinski definition) is 2. The minimum absolute atomic E-state index is 0.0180. The summed E-state index contributed by atoms with van der Waals surface area (Å²) in [5, 5.41) is 6.84. The number of likely N-dealkylation sites (tertiary alicyclic amines) is 1. The summed E-state index contributed by atoms with van der Waals surface area (Å²) in [5.74, 6) is -1.16. The molecule has 3 aliphatic heterocycles. The zero-order valence-corrected chi connectivity index (χ0v) is 25.4. The zero-order valence-electron chi connectivity index (χ0n) is 24.7. The fraction of sp³-hybridized carbons (Fsp3) is 0.500. The molecule has 42 heavy (non-hydrogen) atoms. The molecule has 0 radical (unpaired) electrons. The van der Waals surface area contributed by atoms with E-state index in [0.29, 0.717) is 28.5 Å². The molecular weight excluding hydrogens is 550 g/mol. The van der Waals surface area contributed by atoms with Crippen LogP contribution in [0.3, 0.4) is 0 Å². The predicted molar refractivity (Wildman–Crippen MR) is 163 cm³/mol. The van der Waals surface area contributed by atoms with Gasteiger partial charge in [0.2, 0.25) is 17.7 Å². The van der Waals surface area contributed by atoms with Crippen LogP contribution in [0.4, 0.5) is 5.69 Å². The highest BCUT2D eigenvalue weighted by atomic mass is 35.5. The Balaban J connectivity index is 1.31. The lowest BCUT2D eigenvalue weighted by molar-refractivity contribution is -0.142. The number of benzene rings is 2. The second-order valence-corrected chi connectivity index (χ2v) is 13.3. The lowest BCUT2D eigenvalue weighted by Gasteiger charge is -2.38. The van der Waals surface area contributed by atoms with Crippen LogP contribution in [-0.4, -0.2) is 46.4 Å². The molecule has 8 atom stereocenters. The number of nitrogens with one attached hydrogen (secondary N) is 2. The number of amides is 3. The minimum Gasteiger partial charge on any atom is -0.359 e. The van der Waals surface area contributed by atoms with Gasteiger partial charge >= 0.3 is 0 Å². The Bertz CT molecular complexity index is 1410. The van der Waals surface area contributed by atoms with Crippen molar-refractivity contribution in [1.82, 2.24) is 10.2 Å². The Hall–Kier alpha value is -3.16. The van der Waals surface area contributed by atoms with Crippen LogP contribution >= 0.6 is 11.6 Å². The lowest BCUT2D eigenvalue weighted by atomic mass is 9.73. The molecule has 8 heteroatoms. The van der Waals surface area contributed by atoms with Gasteiger partial charge in [-0.15, -0.1) is 0 Å². The third kappa shape index (κ3) is 4.84. The van der Waals surface area contributed by atoms with E-state index in [9.17, 15) is 14.4 Å². The van der Waals surface area contributed by atoms with E-state index in [0.717, 1.165) is 24.8 Å². The molecule has 1 spiro atoms. The number of rotatable bonds is 7. The standard InChI is InChI=1S/C34H40ClN3O4/c1-19(2)22-12-14-24(15-13-22)36-31(39)28-27-16-17-34(42-27)29(28)33(41)38(18-23-9-5-6-10-25(23)35)30(34)32(40)37-26-11-7-8-20(3)21(26)4/h5-6,9-10,12-17,19-21,26-30H,7-8,11,18H2,1-4H3,(H,36,39)(H,37,40). The van der Waals surface area contributed by atoms with Gasteiger partial charge in [-0.05, 0) is 53.5 Å². The average molecular weight is 590 g/mol. The molecule has 0 aromatic heterocycles. The molecule has 3 fully saturated rings. The molecular formula is C34H40ClN3O4. The van der Waals surface area contributed by atoms with E-state index < -0.39 is 29.6 Å². The quantitative estimate of drug-likeness (QED) is 0.406. The Labute approximate surface area is 253 Å². The average Bonchev–Trinajstić information content (AvgIpc) is 3.60. The maximum Gasteiger partial charge on any atom is 0.246 e. The van der Waals surface area contributed by atoms with Crippen LogP contribution in [0, 0.1) is 23.7 Å². The summed E-state index contributed by atoms with van der Waals surface area (Å²) in [7, 11) is 0. The molecule has 6 rings (SSSR count). The molecule has 2 N–H and O–H groups in total. The first-order valence-corrected chi connectivity index (χ1v) is 15.6. The van der Waals surface area contributed by atoms with Crippen molar-refractivity contribution in [3.05, 3.63) is 76.8 Å². The Morgan fingerprint density at radius 1 is 1.07 bits per heavy atom. The second kappa shape index (κ2) is 11.2. The summed E-state index contributed by atoms with van der Waals surface area (Å²) in [6, 6.07) is 14.2. The molecule has 2 saturated heterocycles. The number of carbonyl (C=O) groups is 3. The SMILES string of the molecule is CC(C)c1ccc(NC(=O)C2C3C=CC4(O3)C2C(=O)N(Cc2ccccc2Cl)C4C(=O)NC2CCCC(C)C2C)cc1. The van der Waals surface area contributed by atoms with Crippen molar-refractivity contribution < 1.29 is 19.1 Å². The number of anilines is 1. The van der Waals surface area contributed by atoms with Crippen molar-refractivity contribution in [3.63, 3.8) is 0 Å². The van der Waals surface area contributed by atoms with Crippen molar-refractivity contribution in [2.24, 2.45) is 23.7 Å². The fourth-order valence-electron chi connectivity index (χ4n) is 7.47. The van der Waals surface area contributed by atoms with Gasteiger partial charge < -0.3 is 20.3 Å². The molecule has 8 unspecified atom stereocenters. The molecule has 2 bridgehead atoms. The normalized spacial score (nSPS) is 33.2. The number of halogens is 1. The van der Waals surface area contributed by atoms with E-state index in [1.165, 1.54) is 5.56 Å². The van der Waals surface area contributed by atoms with Crippen LogP contribution in [0.2, 0.25) is 5.02 Å². The van der Waals surface area contributed by atoms with Crippen LogP contribution in [-0.2, 0) is 25.7 Å². The van der Waals surface area contributed by atoms with E-state index in [1.54, 1.807) is 11.0 Å². The van der Waals surface area contributed by atoms with Gasteiger partial charge in [-0.25, -0.2) is 0 Å². The van der Waals surface area contributed by atoms with Gasteiger partial charge in [0.25, 0.3) is 0 Å². The van der Waals surface area contributed by atoms with Crippen LogP contribution in [0.1, 0.15) is 64.0 Å². The molecule has 2 aromatic rings. The Morgan fingerprint density at radius 3 is 2.52 bits per heavy atom. The van der Waals surface area contributed by atoms with Crippen molar-refractivity contribution in [3.8, 4) is 0 Å². The Morgan fingerprint density at radius 2 is 1.81 bits per heavy atom. The monoisotopic (exact) mass is 589 g/mol. The number of fused-ring (bicyclic) bond motifs is 1. The fourth-order valence-corrected chi connectivity index (χ4v) is 7.67. The van der Waals surface area contributed by atoms with Crippen LogP contribution < -0.4 is 10.6 Å². The van der Waals surface area contributed by atoms with Gasteiger partial charge in [-0.3, -0.25) is 14.4 Å². The number of ether oxygens (including phenoxy) is 1. The van der Waals surface area contributed by atoms with E-state index in [-0.39, 0.29) is 30.3 Å². The number of carbonyl (C=O) groups excluding carboxylic acids is 3. The smallest absolute Gasteiger partial charge is 0.246 e. The first-order valence-electron chi connectivity index (χ1n) is 15.2. The maximum absolute atomic E-state index is 14.3. The topological polar surface area (TPSA) is 87.7 Å². The predicted octanol–water partition coefficient (Wildman–Crippen LogP) is 5.69. The van der Waals surface area contributed by atoms with E-state index >= 15 is 0 Å². The lowest BCUT2D eigenvalue weighted by Crippen LogP contribution is -2.57. The summed E-state index contributed by atoms with van der Waals surface area (Å²) in [6.45, 7) is 8.80. The van der Waals surface area contributed by atoms with Gasteiger partial charge in [0, 0.05) is 23.3 Å². The zero-order chi connectivity index (χ0) is 29.8. The van der Waals surface area contributed by atoms with Crippen molar-refractivity contribution in [2.45, 2.75) is 83.2 Å². The summed E-state index contributed by atoms with van der Waals surface area (Å²) in [5.41, 5.74) is 1.36. The molecule has 222 valence electrons. The largest absolute Gasteiger partial charge is 0.359 e. The Kier molecular flexibility index (Phi) is 7.69. The van der Waals surface area contributed by atoms with Crippen molar-refractivity contribution in [1.29, 1.82) is 0 Å². The third-order valence-electron chi connectivity index (χ3n) is 10.1. The first-order chi connectivity index (χ1) is 20.1. The van der Waals surface area contributed by atoms with Gasteiger partial charge in [-0.1, -0.05) is 94.6 Å². The van der Waals surface area contributed by atoms with Crippen LogP contribution in [0.25, 0.3) is 0 Å². The first kappa shape index (κ1) is 28.9. The van der Waals surface area contributed by atoms with Gasteiger partial charge in [0.05, 0.1) is 17.9 Å². The van der Waals surface area contributed by atoms with Gasteiger partial charge in [0.1, 0.15) is 11.6 Å². The highest BCUT2D eigenvalue weighted by Crippen LogP contribution is 2.55. The number of hydrogen-bond acceptors (Lipinski definition) is 4. The van der Waals surface area contributed by atoms with Crippen LogP contribution in [0.5, 0.6) is 0 Å². The highest BCUT2D eigenvalue weighted by molar-refractivity contribution is 6.31. The molecule has 1 saturated carbocycles. The molecule has 4 aliphatic rings. The van der Waals surface area contributed by atoms with E-state index in [1.807, 2.05) is 54.6 Å². The molecule has 7 nitrogen and oxygen atoms in total. The molecule has 2 aromatic carbocycles. The molecule has 3 amide bonds. The van der Waals surface area contributed by atoms with E-state index in [4.69, 9.17) is 16.3 Å². The van der Waals surface area contributed by atoms with E-state index in [2.05, 4.69) is 38.3 Å². The number of nitrogens with zero attached hydrogens (tertiary/aromatic N) is 1. The summed E-state index contributed by atoms with van der Waals surface area (Å²) < 4.78 is 6.52. The van der Waals surface area contributed by atoms with Gasteiger partial charge in [0.15, 0.2) is 0 Å². The second-order valence-electron chi connectivity index (χ2n) is 12.9. The third-order valence-corrected chi connectivity index (χ3v) is 10.5.